The van der Waals surface area contributed by atoms with Gasteiger partial charge in [0.1, 0.15) is 12.4 Å². The maximum Gasteiger partial charge on any atom is 0.119 e. The maximum absolute atomic E-state index is 5.82. The molecule has 0 aromatic heterocycles. The van der Waals surface area contributed by atoms with Gasteiger partial charge in [0.05, 0.1) is 6.61 Å². The van der Waals surface area contributed by atoms with Crippen molar-refractivity contribution in [1.82, 2.24) is 5.32 Å². The summed E-state index contributed by atoms with van der Waals surface area (Å²) in [6, 6.07) is 7.79. The molecule has 1 aromatic rings. The van der Waals surface area contributed by atoms with Crippen LogP contribution >= 0.6 is 11.6 Å². The molecule has 2 rings (SSSR count). The molecule has 1 saturated heterocycles. The molecule has 2 atom stereocenters. The molecule has 1 N–H and O–H groups in total. The fraction of sp³-hybridized carbons (Fsp3) is 0.538. The quantitative estimate of drug-likeness (QED) is 0.876. The van der Waals surface area contributed by atoms with Crippen molar-refractivity contribution in [2.24, 2.45) is 5.92 Å². The summed E-state index contributed by atoms with van der Waals surface area (Å²) in [7, 11) is 1.97. The minimum Gasteiger partial charge on any atom is -0.492 e. The van der Waals surface area contributed by atoms with Gasteiger partial charge in [0.15, 0.2) is 0 Å². The van der Waals surface area contributed by atoms with E-state index in [2.05, 4.69) is 5.32 Å². The summed E-state index contributed by atoms with van der Waals surface area (Å²) in [6.07, 6.45) is 1.11. The zero-order chi connectivity index (χ0) is 12.1. The van der Waals surface area contributed by atoms with E-state index >= 15 is 0 Å². The predicted molar refractivity (Wildman–Crippen MR) is 68.7 cm³/mol. The standard InChI is InChI=1S/C13H18ClNO2/c1-15-13(10-6-7-16-8-10)9-17-12-4-2-11(14)3-5-12/h2-5,10,13,15H,6-9H2,1H3. The number of nitrogens with one attached hydrogen (secondary N) is 1. The van der Waals surface area contributed by atoms with E-state index in [1.165, 1.54) is 0 Å². The van der Waals surface area contributed by atoms with E-state index in [0.29, 0.717) is 18.6 Å². The van der Waals surface area contributed by atoms with E-state index in [0.717, 1.165) is 30.4 Å². The molecule has 1 aliphatic heterocycles. The Morgan fingerprint density at radius 2 is 2.24 bits per heavy atom. The summed E-state index contributed by atoms with van der Waals surface area (Å²) in [5.41, 5.74) is 0. The molecule has 17 heavy (non-hydrogen) atoms. The fourth-order valence-corrected chi connectivity index (χ4v) is 2.17. The summed E-state index contributed by atoms with van der Waals surface area (Å²) in [4.78, 5) is 0. The van der Waals surface area contributed by atoms with Crippen molar-refractivity contribution in [2.75, 3.05) is 26.9 Å². The van der Waals surface area contributed by atoms with Crippen LogP contribution in [0.3, 0.4) is 0 Å². The Labute approximate surface area is 107 Å². The zero-order valence-electron chi connectivity index (χ0n) is 9.99. The van der Waals surface area contributed by atoms with Crippen molar-refractivity contribution in [1.29, 1.82) is 0 Å². The molecule has 0 spiro atoms. The molecule has 0 saturated carbocycles. The molecule has 4 heteroatoms. The van der Waals surface area contributed by atoms with Crippen LogP contribution in [0.25, 0.3) is 0 Å². The van der Waals surface area contributed by atoms with Crippen molar-refractivity contribution in [3.8, 4) is 5.75 Å². The van der Waals surface area contributed by atoms with E-state index in [1.54, 1.807) is 0 Å². The summed E-state index contributed by atoms with van der Waals surface area (Å²) < 4.78 is 11.1. The number of ether oxygens (including phenoxy) is 2. The van der Waals surface area contributed by atoms with E-state index in [4.69, 9.17) is 21.1 Å². The van der Waals surface area contributed by atoms with Gasteiger partial charge in [-0.25, -0.2) is 0 Å². The molecule has 1 aliphatic rings. The first-order valence-electron chi connectivity index (χ1n) is 5.93. The third-order valence-electron chi connectivity index (χ3n) is 3.15. The highest BCUT2D eigenvalue weighted by molar-refractivity contribution is 6.30. The first-order chi connectivity index (χ1) is 8.29. The monoisotopic (exact) mass is 255 g/mol. The van der Waals surface area contributed by atoms with Crippen LogP contribution < -0.4 is 10.1 Å². The molecule has 0 aliphatic carbocycles. The molecule has 2 unspecified atom stereocenters. The molecule has 0 amide bonds. The minimum atomic E-state index is 0.341. The highest BCUT2D eigenvalue weighted by Gasteiger charge is 2.24. The van der Waals surface area contributed by atoms with Crippen molar-refractivity contribution < 1.29 is 9.47 Å². The van der Waals surface area contributed by atoms with Gasteiger partial charge >= 0.3 is 0 Å². The normalized spacial score (nSPS) is 21.4. The Balaban J connectivity index is 1.84. The SMILES string of the molecule is CNC(COc1ccc(Cl)cc1)C1CCOC1. The molecule has 1 fully saturated rings. The van der Waals surface area contributed by atoms with Crippen LogP contribution in [0.5, 0.6) is 5.75 Å². The maximum atomic E-state index is 5.82. The molecule has 0 radical (unpaired) electrons. The largest absolute Gasteiger partial charge is 0.492 e. The number of rotatable bonds is 5. The lowest BCUT2D eigenvalue weighted by atomic mass is 10.00. The van der Waals surface area contributed by atoms with Crippen LogP contribution in [0.1, 0.15) is 6.42 Å². The van der Waals surface area contributed by atoms with Gasteiger partial charge in [-0.2, -0.15) is 0 Å². The average Bonchev–Trinajstić information content (AvgIpc) is 2.86. The van der Waals surface area contributed by atoms with Gasteiger partial charge in [0.2, 0.25) is 0 Å². The van der Waals surface area contributed by atoms with Crippen LogP contribution in [-0.4, -0.2) is 32.9 Å². The van der Waals surface area contributed by atoms with Crippen LogP contribution in [0.4, 0.5) is 0 Å². The Bertz CT molecular complexity index is 336. The van der Waals surface area contributed by atoms with E-state index in [1.807, 2.05) is 31.3 Å². The van der Waals surface area contributed by atoms with Crippen LogP contribution in [0, 0.1) is 5.92 Å². The molecule has 3 nitrogen and oxygen atoms in total. The minimum absolute atomic E-state index is 0.341. The average molecular weight is 256 g/mol. The molecule has 0 bridgehead atoms. The fourth-order valence-electron chi connectivity index (χ4n) is 2.04. The number of hydrogen-bond donors (Lipinski definition) is 1. The highest BCUT2D eigenvalue weighted by atomic mass is 35.5. The predicted octanol–water partition coefficient (Wildman–Crippen LogP) is 2.34. The van der Waals surface area contributed by atoms with E-state index in [9.17, 15) is 0 Å². The number of benzene rings is 1. The van der Waals surface area contributed by atoms with E-state index in [-0.39, 0.29) is 0 Å². The van der Waals surface area contributed by atoms with Gasteiger partial charge in [0, 0.05) is 23.6 Å². The Kier molecular flexibility index (Phi) is 4.66. The van der Waals surface area contributed by atoms with Crippen molar-refractivity contribution >= 4 is 11.6 Å². The molecule has 1 heterocycles. The van der Waals surface area contributed by atoms with Crippen molar-refractivity contribution in [2.45, 2.75) is 12.5 Å². The number of likely N-dealkylation sites (N-methyl/N-ethyl adjacent to an activating group) is 1. The Morgan fingerprint density at radius 3 is 2.82 bits per heavy atom. The van der Waals surface area contributed by atoms with Crippen LogP contribution in [-0.2, 0) is 4.74 Å². The lowest BCUT2D eigenvalue weighted by Crippen LogP contribution is -2.39. The molecule has 94 valence electrons. The summed E-state index contributed by atoms with van der Waals surface area (Å²) in [5.74, 6) is 1.40. The molecule has 1 aromatic carbocycles. The van der Waals surface area contributed by atoms with Gasteiger partial charge in [-0.15, -0.1) is 0 Å². The highest BCUT2D eigenvalue weighted by Crippen LogP contribution is 2.19. The topological polar surface area (TPSA) is 30.5 Å². The molecular weight excluding hydrogens is 238 g/mol. The zero-order valence-corrected chi connectivity index (χ0v) is 10.7. The van der Waals surface area contributed by atoms with Crippen LogP contribution in [0.15, 0.2) is 24.3 Å². The summed E-state index contributed by atoms with van der Waals surface area (Å²) in [5, 5.41) is 4.02. The van der Waals surface area contributed by atoms with Gasteiger partial charge in [0.25, 0.3) is 0 Å². The van der Waals surface area contributed by atoms with Crippen molar-refractivity contribution in [3.63, 3.8) is 0 Å². The second-order valence-electron chi connectivity index (χ2n) is 4.28. The first-order valence-corrected chi connectivity index (χ1v) is 6.31. The smallest absolute Gasteiger partial charge is 0.119 e. The lowest BCUT2D eigenvalue weighted by Gasteiger charge is -2.22. The third-order valence-corrected chi connectivity index (χ3v) is 3.40. The molecular formula is C13H18ClNO2. The van der Waals surface area contributed by atoms with E-state index < -0.39 is 0 Å². The second-order valence-corrected chi connectivity index (χ2v) is 4.72. The lowest BCUT2D eigenvalue weighted by molar-refractivity contribution is 0.162. The van der Waals surface area contributed by atoms with Gasteiger partial charge in [-0.05, 0) is 37.7 Å². The van der Waals surface area contributed by atoms with Gasteiger partial charge in [-0.1, -0.05) is 11.6 Å². The van der Waals surface area contributed by atoms with Gasteiger partial charge < -0.3 is 14.8 Å². The Hall–Kier alpha value is -0.770. The third kappa shape index (κ3) is 3.60. The first kappa shape index (κ1) is 12.7. The summed E-state index contributed by atoms with van der Waals surface area (Å²) >= 11 is 5.82. The second kappa shape index (κ2) is 6.24. The van der Waals surface area contributed by atoms with Gasteiger partial charge in [-0.3, -0.25) is 0 Å². The van der Waals surface area contributed by atoms with Crippen molar-refractivity contribution in [3.05, 3.63) is 29.3 Å². The Morgan fingerprint density at radius 1 is 1.47 bits per heavy atom. The number of halogens is 1. The number of hydrogen-bond acceptors (Lipinski definition) is 3. The summed E-state index contributed by atoms with van der Waals surface area (Å²) in [6.45, 7) is 2.35. The van der Waals surface area contributed by atoms with Crippen LogP contribution in [0.2, 0.25) is 5.02 Å².